The van der Waals surface area contributed by atoms with Gasteiger partial charge in [-0.3, -0.25) is 4.79 Å². The molecular formula is C24H19ClO4S. The molecule has 4 nitrogen and oxygen atoms in total. The monoisotopic (exact) mass is 438 g/mol. The second-order valence-corrected chi connectivity index (χ2v) is 8.46. The molecule has 5 rings (SSSR count). The summed E-state index contributed by atoms with van der Waals surface area (Å²) in [5.41, 5.74) is 0.518. The molecule has 2 atom stereocenters. The number of hydrogen-bond acceptors (Lipinski definition) is 5. The highest BCUT2D eigenvalue weighted by atomic mass is 35.5. The quantitative estimate of drug-likeness (QED) is 0.522. The molecule has 1 aromatic heterocycles. The highest BCUT2D eigenvalue weighted by molar-refractivity contribution is 7.10. The maximum absolute atomic E-state index is 14.2. The molecule has 3 heterocycles. The summed E-state index contributed by atoms with van der Waals surface area (Å²) in [4.78, 5) is 14.9. The Kier molecular flexibility index (Phi) is 4.79. The number of thiophene rings is 1. The summed E-state index contributed by atoms with van der Waals surface area (Å²) in [6, 6.07) is 18.6. The average Bonchev–Trinajstić information content (AvgIpc) is 3.45. The van der Waals surface area contributed by atoms with Gasteiger partial charge in [0.25, 0.3) is 5.79 Å². The predicted octanol–water partition coefficient (Wildman–Crippen LogP) is 5.72. The number of halogens is 1. The van der Waals surface area contributed by atoms with E-state index in [-0.39, 0.29) is 12.4 Å². The van der Waals surface area contributed by atoms with E-state index in [9.17, 15) is 4.79 Å². The molecule has 0 fully saturated rings. The Morgan fingerprint density at radius 3 is 2.70 bits per heavy atom. The maximum atomic E-state index is 14.2. The number of hydrogen-bond donors (Lipinski definition) is 0. The number of carbonyl (C=O) groups excluding carboxylic acids is 1. The number of carbonyl (C=O) groups is 1. The third-order valence-electron chi connectivity index (χ3n) is 5.47. The lowest BCUT2D eigenvalue weighted by atomic mass is 9.74. The lowest BCUT2D eigenvalue weighted by Crippen LogP contribution is -2.64. The fourth-order valence-corrected chi connectivity index (χ4v) is 5.33. The minimum atomic E-state index is -1.49. The molecule has 152 valence electrons. The number of ketones is 1. The first-order valence-electron chi connectivity index (χ1n) is 9.73. The van der Waals surface area contributed by atoms with Crippen LogP contribution in [-0.4, -0.2) is 24.6 Å². The van der Waals surface area contributed by atoms with Crippen molar-refractivity contribution in [1.82, 2.24) is 0 Å². The third kappa shape index (κ3) is 2.63. The third-order valence-corrected chi connectivity index (χ3v) is 6.65. The Morgan fingerprint density at radius 1 is 1.13 bits per heavy atom. The summed E-state index contributed by atoms with van der Waals surface area (Å²) in [7, 11) is 0. The molecule has 0 aliphatic carbocycles. The lowest BCUT2D eigenvalue weighted by Gasteiger charge is -2.49. The van der Waals surface area contributed by atoms with Crippen LogP contribution in [0.5, 0.6) is 5.75 Å². The summed E-state index contributed by atoms with van der Waals surface area (Å²) in [5, 5.41) is 2.40. The number of rotatable bonds is 4. The topological polar surface area (TPSA) is 44.8 Å². The van der Waals surface area contributed by atoms with Gasteiger partial charge in [-0.1, -0.05) is 54.1 Å². The summed E-state index contributed by atoms with van der Waals surface area (Å²) in [6.07, 6.45) is 1.94. The first-order valence-corrected chi connectivity index (χ1v) is 11.0. The van der Waals surface area contributed by atoms with Crippen LogP contribution in [0.1, 0.15) is 27.7 Å². The SMILES string of the molecule is CCO[C@@]1(c2cccs2)Oc2ccc(Cl)cc2C(=O)[C@@]12OCC=C2c1ccccc1. The zero-order valence-corrected chi connectivity index (χ0v) is 17.8. The van der Waals surface area contributed by atoms with Crippen molar-refractivity contribution in [2.75, 3.05) is 13.2 Å². The molecule has 2 aromatic carbocycles. The second-order valence-electron chi connectivity index (χ2n) is 7.07. The van der Waals surface area contributed by atoms with Gasteiger partial charge in [0.1, 0.15) is 5.75 Å². The molecule has 0 bridgehead atoms. The number of fused-ring (bicyclic) bond motifs is 1. The van der Waals surface area contributed by atoms with E-state index in [1.54, 1.807) is 18.2 Å². The Labute approximate surface area is 183 Å². The first kappa shape index (κ1) is 19.5. The molecule has 6 heteroatoms. The predicted molar refractivity (Wildman–Crippen MR) is 117 cm³/mol. The normalized spacial score (nSPS) is 25.1. The summed E-state index contributed by atoms with van der Waals surface area (Å²) < 4.78 is 19.2. The van der Waals surface area contributed by atoms with E-state index in [0.717, 1.165) is 16.0 Å². The lowest BCUT2D eigenvalue weighted by molar-refractivity contribution is -0.263. The van der Waals surface area contributed by atoms with E-state index in [0.29, 0.717) is 22.9 Å². The van der Waals surface area contributed by atoms with Crippen molar-refractivity contribution in [1.29, 1.82) is 0 Å². The molecule has 1 spiro atoms. The minimum Gasteiger partial charge on any atom is -0.452 e. The van der Waals surface area contributed by atoms with E-state index in [4.69, 9.17) is 25.8 Å². The molecular weight excluding hydrogens is 420 g/mol. The molecule has 0 saturated carbocycles. The molecule has 0 amide bonds. The van der Waals surface area contributed by atoms with Crippen LogP contribution in [0.2, 0.25) is 5.02 Å². The van der Waals surface area contributed by atoms with Crippen molar-refractivity contribution in [2.24, 2.45) is 0 Å². The molecule has 0 N–H and O–H groups in total. The van der Waals surface area contributed by atoms with Gasteiger partial charge < -0.3 is 14.2 Å². The number of ether oxygens (including phenoxy) is 3. The van der Waals surface area contributed by atoms with Gasteiger partial charge >= 0.3 is 0 Å². The van der Waals surface area contributed by atoms with Gasteiger partial charge in [-0.25, -0.2) is 0 Å². The average molecular weight is 439 g/mol. The van der Waals surface area contributed by atoms with Crippen LogP contribution in [0.3, 0.4) is 0 Å². The van der Waals surface area contributed by atoms with Gasteiger partial charge in [0.15, 0.2) is 0 Å². The van der Waals surface area contributed by atoms with Crippen molar-refractivity contribution in [2.45, 2.75) is 18.3 Å². The van der Waals surface area contributed by atoms with Crippen LogP contribution in [0.15, 0.2) is 72.1 Å². The largest absolute Gasteiger partial charge is 0.452 e. The van der Waals surface area contributed by atoms with E-state index in [1.165, 1.54) is 11.3 Å². The Hall–Kier alpha value is -2.44. The standard InChI is InChI=1S/C24H19ClO4S/c1-2-27-24(21-9-6-14-30-21)23(19(12-13-28-23)16-7-4-3-5-8-16)22(26)18-15-17(25)10-11-20(18)29-24/h3-12,14-15H,2,13H2,1H3/t23-,24+/m1/s1. The van der Waals surface area contributed by atoms with Gasteiger partial charge in [0, 0.05) is 17.2 Å². The van der Waals surface area contributed by atoms with Crippen LogP contribution in [0.4, 0.5) is 0 Å². The fraction of sp³-hybridized carbons (Fsp3) is 0.208. The smallest absolute Gasteiger partial charge is 0.288 e. The van der Waals surface area contributed by atoms with Crippen LogP contribution in [0, 0.1) is 0 Å². The Morgan fingerprint density at radius 2 is 1.97 bits per heavy atom. The Bertz CT molecular complexity index is 1130. The molecule has 0 radical (unpaired) electrons. The van der Waals surface area contributed by atoms with Crippen molar-refractivity contribution in [3.05, 3.63) is 93.1 Å². The van der Waals surface area contributed by atoms with E-state index < -0.39 is 11.4 Å². The van der Waals surface area contributed by atoms with Crippen LogP contribution in [0.25, 0.3) is 5.57 Å². The highest BCUT2D eigenvalue weighted by Crippen LogP contribution is 2.56. The fourth-order valence-electron chi connectivity index (χ4n) is 4.30. The van der Waals surface area contributed by atoms with Gasteiger partial charge in [0.05, 0.1) is 17.0 Å². The molecule has 0 saturated heterocycles. The van der Waals surface area contributed by atoms with Crippen molar-refractivity contribution < 1.29 is 19.0 Å². The first-order chi connectivity index (χ1) is 14.6. The molecule has 0 unspecified atom stereocenters. The molecule has 3 aromatic rings. The van der Waals surface area contributed by atoms with E-state index in [1.807, 2.05) is 60.8 Å². The van der Waals surface area contributed by atoms with Crippen molar-refractivity contribution in [3.8, 4) is 5.75 Å². The van der Waals surface area contributed by atoms with Crippen LogP contribution >= 0.6 is 22.9 Å². The van der Waals surface area contributed by atoms with Crippen LogP contribution in [-0.2, 0) is 15.3 Å². The molecule has 2 aliphatic heterocycles. The second kappa shape index (κ2) is 7.36. The van der Waals surface area contributed by atoms with Gasteiger partial charge in [-0.2, -0.15) is 0 Å². The zero-order chi connectivity index (χ0) is 20.8. The number of Topliss-reactive ketones (excluding diaryl/α,β-unsaturated/α-hetero) is 1. The van der Waals surface area contributed by atoms with Crippen LogP contribution < -0.4 is 4.74 Å². The van der Waals surface area contributed by atoms with Crippen molar-refractivity contribution >= 4 is 34.3 Å². The highest BCUT2D eigenvalue weighted by Gasteiger charge is 2.69. The van der Waals surface area contributed by atoms with Gasteiger partial charge in [-0.05, 0) is 42.1 Å². The minimum absolute atomic E-state index is 0.222. The summed E-state index contributed by atoms with van der Waals surface area (Å²) >= 11 is 7.70. The maximum Gasteiger partial charge on any atom is 0.288 e. The summed E-state index contributed by atoms with van der Waals surface area (Å²) in [6.45, 7) is 2.49. The molecule has 30 heavy (non-hydrogen) atoms. The molecule has 2 aliphatic rings. The van der Waals surface area contributed by atoms with Gasteiger partial charge in [0.2, 0.25) is 11.4 Å². The van der Waals surface area contributed by atoms with Crippen molar-refractivity contribution in [3.63, 3.8) is 0 Å². The van der Waals surface area contributed by atoms with E-state index in [2.05, 4.69) is 0 Å². The van der Waals surface area contributed by atoms with Gasteiger partial charge in [-0.15, -0.1) is 11.3 Å². The zero-order valence-electron chi connectivity index (χ0n) is 16.3. The number of benzene rings is 2. The van der Waals surface area contributed by atoms with E-state index >= 15 is 0 Å². The summed E-state index contributed by atoms with van der Waals surface area (Å²) in [5.74, 6) is -1.24. The Balaban J connectivity index is 1.83.